The van der Waals surface area contributed by atoms with Crippen molar-refractivity contribution in [1.82, 2.24) is 4.90 Å². The first-order valence-corrected chi connectivity index (χ1v) is 7.28. The molecule has 0 radical (unpaired) electrons. The summed E-state index contributed by atoms with van der Waals surface area (Å²) in [5, 5.41) is 0. The molecule has 3 heteroatoms. The predicted octanol–water partition coefficient (Wildman–Crippen LogP) is 3.26. The Morgan fingerprint density at radius 3 is 2.14 bits per heavy atom. The van der Waals surface area contributed by atoms with E-state index in [4.69, 9.17) is 4.74 Å². The highest BCUT2D eigenvalue weighted by Gasteiger charge is 2.02. The molecule has 0 unspecified atom stereocenters. The molecule has 0 aliphatic heterocycles. The van der Waals surface area contributed by atoms with E-state index in [2.05, 4.69) is 53.2 Å². The largest absolute Gasteiger partial charge is 0.492 e. The van der Waals surface area contributed by atoms with E-state index >= 15 is 0 Å². The fourth-order valence-corrected chi connectivity index (χ4v) is 2.09. The molecule has 0 saturated carbocycles. The van der Waals surface area contributed by atoms with Gasteiger partial charge in [-0.25, -0.2) is 0 Å². The van der Waals surface area contributed by atoms with Gasteiger partial charge in [0.2, 0.25) is 0 Å². The van der Waals surface area contributed by atoms with Crippen LogP contribution in [-0.2, 0) is 6.54 Å². The lowest BCUT2D eigenvalue weighted by molar-refractivity contribution is 0.261. The molecular weight excluding hydrogens is 260 g/mol. The van der Waals surface area contributed by atoms with E-state index in [-0.39, 0.29) is 0 Å². The second-order valence-corrected chi connectivity index (χ2v) is 5.49. The molecule has 2 aromatic carbocycles. The van der Waals surface area contributed by atoms with Gasteiger partial charge in [0, 0.05) is 25.8 Å². The molecule has 0 saturated heterocycles. The van der Waals surface area contributed by atoms with E-state index in [0.29, 0.717) is 6.61 Å². The standard InChI is InChI=1S/C18H24N2O/c1-19(2)13-14-21-18-11-9-17(10-12-18)20(3)15-16-7-5-4-6-8-16/h4-12H,13-15H2,1-3H3. The fourth-order valence-electron chi connectivity index (χ4n) is 2.09. The van der Waals surface area contributed by atoms with Gasteiger partial charge in [-0.1, -0.05) is 30.3 Å². The first kappa shape index (κ1) is 15.4. The van der Waals surface area contributed by atoms with Crippen LogP contribution in [0.1, 0.15) is 5.56 Å². The van der Waals surface area contributed by atoms with Crippen LogP contribution < -0.4 is 9.64 Å². The minimum Gasteiger partial charge on any atom is -0.492 e. The molecule has 3 nitrogen and oxygen atoms in total. The average molecular weight is 284 g/mol. The molecule has 2 rings (SSSR count). The molecule has 0 N–H and O–H groups in total. The quantitative estimate of drug-likeness (QED) is 0.776. The smallest absolute Gasteiger partial charge is 0.119 e. The second kappa shape index (κ2) is 7.70. The lowest BCUT2D eigenvalue weighted by atomic mass is 10.2. The van der Waals surface area contributed by atoms with Gasteiger partial charge in [0.25, 0.3) is 0 Å². The molecular formula is C18H24N2O. The molecule has 0 atom stereocenters. The Balaban J connectivity index is 1.89. The van der Waals surface area contributed by atoms with Crippen molar-refractivity contribution in [2.24, 2.45) is 0 Å². The minimum atomic E-state index is 0.714. The molecule has 0 fully saturated rings. The average Bonchev–Trinajstić information content (AvgIpc) is 2.48. The Morgan fingerprint density at radius 1 is 0.857 bits per heavy atom. The summed E-state index contributed by atoms with van der Waals surface area (Å²) in [6, 6.07) is 18.8. The van der Waals surface area contributed by atoms with Gasteiger partial charge in [-0.2, -0.15) is 0 Å². The molecule has 0 spiro atoms. The van der Waals surface area contributed by atoms with Crippen LogP contribution in [0.3, 0.4) is 0 Å². The van der Waals surface area contributed by atoms with Crippen LogP contribution in [0.4, 0.5) is 5.69 Å². The first-order valence-electron chi connectivity index (χ1n) is 7.28. The number of rotatable bonds is 7. The summed E-state index contributed by atoms with van der Waals surface area (Å²) < 4.78 is 5.71. The molecule has 0 aromatic heterocycles. The topological polar surface area (TPSA) is 15.7 Å². The number of ether oxygens (including phenoxy) is 1. The Labute approximate surface area is 127 Å². The zero-order chi connectivity index (χ0) is 15.1. The maximum Gasteiger partial charge on any atom is 0.119 e. The van der Waals surface area contributed by atoms with Gasteiger partial charge in [0.05, 0.1) is 0 Å². The van der Waals surface area contributed by atoms with Crippen molar-refractivity contribution in [3.8, 4) is 5.75 Å². The highest BCUT2D eigenvalue weighted by atomic mass is 16.5. The summed E-state index contributed by atoms with van der Waals surface area (Å²) in [5.74, 6) is 0.925. The number of nitrogens with zero attached hydrogens (tertiary/aromatic N) is 2. The third-order valence-corrected chi connectivity index (χ3v) is 3.35. The number of anilines is 1. The van der Waals surface area contributed by atoms with Crippen LogP contribution in [0.25, 0.3) is 0 Å². The summed E-state index contributed by atoms with van der Waals surface area (Å²) in [4.78, 5) is 4.35. The molecule has 112 valence electrons. The number of hydrogen-bond acceptors (Lipinski definition) is 3. The van der Waals surface area contributed by atoms with Gasteiger partial charge >= 0.3 is 0 Å². The third kappa shape index (κ3) is 5.12. The van der Waals surface area contributed by atoms with Gasteiger partial charge in [-0.3, -0.25) is 0 Å². The summed E-state index contributed by atoms with van der Waals surface area (Å²) in [6.45, 7) is 2.55. The van der Waals surface area contributed by atoms with Crippen LogP contribution in [0.2, 0.25) is 0 Å². The predicted molar refractivity (Wildman–Crippen MR) is 89.0 cm³/mol. The highest BCUT2D eigenvalue weighted by Crippen LogP contribution is 2.20. The monoisotopic (exact) mass is 284 g/mol. The van der Waals surface area contributed by atoms with Gasteiger partial charge in [0.15, 0.2) is 0 Å². The lowest BCUT2D eigenvalue weighted by Crippen LogP contribution is -2.19. The van der Waals surface area contributed by atoms with Crippen molar-refractivity contribution in [3.05, 3.63) is 60.2 Å². The molecule has 0 aliphatic rings. The maximum atomic E-state index is 5.71. The van der Waals surface area contributed by atoms with Crippen LogP contribution in [-0.4, -0.2) is 39.2 Å². The molecule has 0 heterocycles. The van der Waals surface area contributed by atoms with Gasteiger partial charge in [-0.05, 0) is 43.9 Å². The van der Waals surface area contributed by atoms with Crippen molar-refractivity contribution < 1.29 is 4.74 Å². The third-order valence-electron chi connectivity index (χ3n) is 3.35. The normalized spacial score (nSPS) is 10.7. The van der Waals surface area contributed by atoms with Crippen LogP contribution in [0.15, 0.2) is 54.6 Å². The molecule has 0 amide bonds. The number of likely N-dealkylation sites (N-methyl/N-ethyl adjacent to an activating group) is 1. The first-order chi connectivity index (χ1) is 10.1. The Morgan fingerprint density at radius 2 is 1.52 bits per heavy atom. The van der Waals surface area contributed by atoms with Gasteiger partial charge in [0.1, 0.15) is 12.4 Å². The van der Waals surface area contributed by atoms with Crippen LogP contribution in [0.5, 0.6) is 5.75 Å². The fraction of sp³-hybridized carbons (Fsp3) is 0.333. The van der Waals surface area contributed by atoms with Gasteiger partial charge < -0.3 is 14.5 Å². The summed E-state index contributed by atoms with van der Waals surface area (Å²) in [6.07, 6.45) is 0. The van der Waals surface area contributed by atoms with Crippen molar-refractivity contribution in [1.29, 1.82) is 0 Å². The molecule has 21 heavy (non-hydrogen) atoms. The molecule has 0 aliphatic carbocycles. The van der Waals surface area contributed by atoms with E-state index in [1.54, 1.807) is 0 Å². The SMILES string of the molecule is CN(C)CCOc1ccc(N(C)Cc2ccccc2)cc1. The van der Waals surface area contributed by atoms with Crippen molar-refractivity contribution in [3.63, 3.8) is 0 Å². The van der Waals surface area contributed by atoms with Crippen molar-refractivity contribution in [2.45, 2.75) is 6.54 Å². The number of hydrogen-bond donors (Lipinski definition) is 0. The highest BCUT2D eigenvalue weighted by molar-refractivity contribution is 5.48. The lowest BCUT2D eigenvalue weighted by Gasteiger charge is -2.20. The zero-order valence-electron chi connectivity index (χ0n) is 13.1. The van der Waals surface area contributed by atoms with Crippen LogP contribution in [0, 0.1) is 0 Å². The second-order valence-electron chi connectivity index (χ2n) is 5.49. The Bertz CT molecular complexity index is 523. The molecule has 0 bridgehead atoms. The zero-order valence-corrected chi connectivity index (χ0v) is 13.1. The van der Waals surface area contributed by atoms with E-state index in [1.165, 1.54) is 11.3 Å². The van der Waals surface area contributed by atoms with E-state index in [0.717, 1.165) is 18.8 Å². The number of benzene rings is 2. The van der Waals surface area contributed by atoms with Gasteiger partial charge in [-0.15, -0.1) is 0 Å². The Kier molecular flexibility index (Phi) is 5.64. The van der Waals surface area contributed by atoms with Crippen LogP contribution >= 0.6 is 0 Å². The van der Waals surface area contributed by atoms with E-state index < -0.39 is 0 Å². The van der Waals surface area contributed by atoms with E-state index in [1.807, 2.05) is 32.3 Å². The van der Waals surface area contributed by atoms with Crippen molar-refractivity contribution >= 4 is 5.69 Å². The minimum absolute atomic E-state index is 0.714. The summed E-state index contributed by atoms with van der Waals surface area (Å²) in [7, 11) is 6.20. The Hall–Kier alpha value is -2.00. The summed E-state index contributed by atoms with van der Waals surface area (Å²) >= 11 is 0. The molecule has 2 aromatic rings. The van der Waals surface area contributed by atoms with E-state index in [9.17, 15) is 0 Å². The maximum absolute atomic E-state index is 5.71. The summed E-state index contributed by atoms with van der Waals surface area (Å²) in [5.41, 5.74) is 2.50. The van der Waals surface area contributed by atoms with Crippen molar-refractivity contribution in [2.75, 3.05) is 39.2 Å².